The van der Waals surface area contributed by atoms with Gasteiger partial charge in [-0.05, 0) is 35.6 Å². The Kier molecular flexibility index (Phi) is 5.61. The second-order valence-corrected chi connectivity index (χ2v) is 7.27. The number of nitrogens with one attached hydrogen (secondary N) is 1. The Labute approximate surface area is 149 Å². The van der Waals surface area contributed by atoms with E-state index in [0.717, 1.165) is 22.6 Å². The third-order valence-corrected chi connectivity index (χ3v) is 4.98. The SMILES string of the molecule is CCSc1ccc(CC(=O)Nc2nc(-c3ccncc3)cs2)cc1. The zero-order valence-corrected chi connectivity index (χ0v) is 14.9. The number of carbonyl (C=O) groups excluding carboxylic acids is 1. The summed E-state index contributed by atoms with van der Waals surface area (Å²) in [6.07, 6.45) is 3.81. The molecule has 2 heterocycles. The van der Waals surface area contributed by atoms with Crippen LogP contribution in [0.25, 0.3) is 11.3 Å². The van der Waals surface area contributed by atoms with Crippen molar-refractivity contribution in [2.75, 3.05) is 11.1 Å². The van der Waals surface area contributed by atoms with Gasteiger partial charge in [-0.25, -0.2) is 4.98 Å². The minimum absolute atomic E-state index is 0.0541. The maximum Gasteiger partial charge on any atom is 0.230 e. The van der Waals surface area contributed by atoms with Gasteiger partial charge in [-0.2, -0.15) is 0 Å². The van der Waals surface area contributed by atoms with Gasteiger partial charge in [-0.3, -0.25) is 9.78 Å². The Hall–Kier alpha value is -2.18. The molecule has 0 aliphatic carbocycles. The molecule has 3 rings (SSSR count). The average molecular weight is 355 g/mol. The topological polar surface area (TPSA) is 54.9 Å². The molecule has 0 spiro atoms. The highest BCUT2D eigenvalue weighted by Gasteiger charge is 2.09. The van der Waals surface area contributed by atoms with Crippen LogP contribution in [0.5, 0.6) is 0 Å². The summed E-state index contributed by atoms with van der Waals surface area (Å²) in [5.41, 5.74) is 2.84. The highest BCUT2D eigenvalue weighted by atomic mass is 32.2. The fourth-order valence-corrected chi connectivity index (χ4v) is 3.60. The van der Waals surface area contributed by atoms with Gasteiger partial charge in [0.15, 0.2) is 5.13 Å². The van der Waals surface area contributed by atoms with E-state index in [0.29, 0.717) is 11.6 Å². The van der Waals surface area contributed by atoms with Gasteiger partial charge >= 0.3 is 0 Å². The minimum atomic E-state index is -0.0541. The largest absolute Gasteiger partial charge is 0.302 e. The van der Waals surface area contributed by atoms with Crippen molar-refractivity contribution < 1.29 is 4.79 Å². The van der Waals surface area contributed by atoms with Crippen LogP contribution < -0.4 is 5.32 Å². The normalized spacial score (nSPS) is 10.5. The zero-order valence-electron chi connectivity index (χ0n) is 13.2. The Morgan fingerprint density at radius 2 is 1.92 bits per heavy atom. The molecule has 1 amide bonds. The number of carbonyl (C=O) groups is 1. The van der Waals surface area contributed by atoms with E-state index >= 15 is 0 Å². The van der Waals surface area contributed by atoms with Crippen molar-refractivity contribution in [1.29, 1.82) is 0 Å². The van der Waals surface area contributed by atoms with Gasteiger partial charge in [0.25, 0.3) is 0 Å². The molecule has 0 saturated carbocycles. The van der Waals surface area contributed by atoms with Crippen LogP contribution in [0.2, 0.25) is 0 Å². The second kappa shape index (κ2) is 8.08. The maximum atomic E-state index is 12.2. The first-order chi connectivity index (χ1) is 11.7. The van der Waals surface area contributed by atoms with E-state index in [-0.39, 0.29) is 5.91 Å². The Morgan fingerprint density at radius 1 is 1.17 bits per heavy atom. The minimum Gasteiger partial charge on any atom is -0.302 e. The number of hydrogen-bond donors (Lipinski definition) is 1. The Morgan fingerprint density at radius 3 is 2.62 bits per heavy atom. The third-order valence-electron chi connectivity index (χ3n) is 3.33. The third kappa shape index (κ3) is 4.43. The molecule has 0 aliphatic heterocycles. The molecule has 1 aromatic carbocycles. The van der Waals surface area contributed by atoms with Crippen molar-refractivity contribution in [3.63, 3.8) is 0 Å². The van der Waals surface area contributed by atoms with Crippen molar-refractivity contribution in [2.24, 2.45) is 0 Å². The number of hydrogen-bond acceptors (Lipinski definition) is 5. The van der Waals surface area contributed by atoms with Gasteiger partial charge < -0.3 is 5.32 Å². The standard InChI is InChI=1S/C18H17N3OS2/c1-2-23-15-5-3-13(4-6-15)11-17(22)21-18-20-16(12-24-18)14-7-9-19-10-8-14/h3-10,12H,2,11H2,1H3,(H,20,21,22). The van der Waals surface area contributed by atoms with Gasteiger partial charge in [-0.1, -0.05) is 19.1 Å². The summed E-state index contributed by atoms with van der Waals surface area (Å²) < 4.78 is 0. The molecule has 3 aromatic rings. The molecule has 4 nitrogen and oxygen atoms in total. The quantitative estimate of drug-likeness (QED) is 0.662. The lowest BCUT2D eigenvalue weighted by Gasteiger charge is -2.04. The molecule has 0 saturated heterocycles. The molecule has 0 bridgehead atoms. The number of anilines is 1. The van der Waals surface area contributed by atoms with Gasteiger partial charge in [-0.15, -0.1) is 23.1 Å². The Bertz CT molecular complexity index is 801. The molecule has 0 atom stereocenters. The molecule has 122 valence electrons. The summed E-state index contributed by atoms with van der Waals surface area (Å²) in [4.78, 5) is 21.9. The molecule has 6 heteroatoms. The lowest BCUT2D eigenvalue weighted by atomic mass is 10.1. The van der Waals surface area contributed by atoms with Crippen LogP contribution in [0.1, 0.15) is 12.5 Å². The molecule has 0 fully saturated rings. The van der Waals surface area contributed by atoms with E-state index in [2.05, 4.69) is 34.3 Å². The number of nitrogens with zero attached hydrogens (tertiary/aromatic N) is 2. The van der Waals surface area contributed by atoms with Crippen LogP contribution in [0.4, 0.5) is 5.13 Å². The number of rotatable bonds is 6. The van der Waals surface area contributed by atoms with E-state index < -0.39 is 0 Å². The predicted molar refractivity (Wildman–Crippen MR) is 101 cm³/mol. The molecular weight excluding hydrogens is 338 g/mol. The Balaban J connectivity index is 1.60. The second-order valence-electron chi connectivity index (χ2n) is 5.08. The van der Waals surface area contributed by atoms with Crippen molar-refractivity contribution in [3.8, 4) is 11.3 Å². The smallest absolute Gasteiger partial charge is 0.230 e. The molecule has 24 heavy (non-hydrogen) atoms. The summed E-state index contributed by atoms with van der Waals surface area (Å²) in [6.45, 7) is 2.13. The summed E-state index contributed by atoms with van der Waals surface area (Å²) in [7, 11) is 0. The van der Waals surface area contributed by atoms with Crippen LogP contribution in [-0.2, 0) is 11.2 Å². The van der Waals surface area contributed by atoms with E-state index in [1.165, 1.54) is 16.2 Å². The highest BCUT2D eigenvalue weighted by Crippen LogP contribution is 2.24. The summed E-state index contributed by atoms with van der Waals surface area (Å²) in [5.74, 6) is 0.991. The maximum absolute atomic E-state index is 12.2. The van der Waals surface area contributed by atoms with Crippen LogP contribution in [0, 0.1) is 0 Å². The average Bonchev–Trinajstić information content (AvgIpc) is 3.06. The summed E-state index contributed by atoms with van der Waals surface area (Å²) in [5, 5.41) is 5.42. The first kappa shape index (κ1) is 16.7. The van der Waals surface area contributed by atoms with Gasteiger partial charge in [0, 0.05) is 28.2 Å². The lowest BCUT2D eigenvalue weighted by Crippen LogP contribution is -2.14. The van der Waals surface area contributed by atoms with Crippen LogP contribution in [0.15, 0.2) is 59.1 Å². The zero-order chi connectivity index (χ0) is 16.8. The number of thiazole rings is 1. The van der Waals surface area contributed by atoms with E-state index in [1.807, 2.05) is 29.6 Å². The highest BCUT2D eigenvalue weighted by molar-refractivity contribution is 7.99. The van der Waals surface area contributed by atoms with Gasteiger partial charge in [0.1, 0.15) is 0 Å². The molecule has 1 N–H and O–H groups in total. The molecule has 0 radical (unpaired) electrons. The summed E-state index contributed by atoms with van der Waals surface area (Å²) in [6, 6.07) is 11.9. The van der Waals surface area contributed by atoms with Crippen LogP contribution in [-0.4, -0.2) is 21.6 Å². The van der Waals surface area contributed by atoms with E-state index in [1.54, 1.807) is 24.2 Å². The van der Waals surface area contributed by atoms with Crippen molar-refractivity contribution in [3.05, 3.63) is 59.7 Å². The van der Waals surface area contributed by atoms with E-state index in [4.69, 9.17) is 0 Å². The molecule has 0 unspecified atom stereocenters. The first-order valence-electron chi connectivity index (χ1n) is 7.62. The number of amides is 1. The predicted octanol–water partition coefficient (Wildman–Crippen LogP) is 4.50. The van der Waals surface area contributed by atoms with Gasteiger partial charge in [0.05, 0.1) is 12.1 Å². The van der Waals surface area contributed by atoms with Crippen LogP contribution in [0.3, 0.4) is 0 Å². The fraction of sp³-hybridized carbons (Fsp3) is 0.167. The van der Waals surface area contributed by atoms with Crippen LogP contribution >= 0.6 is 23.1 Å². The number of pyridine rings is 1. The van der Waals surface area contributed by atoms with Crippen molar-refractivity contribution >= 4 is 34.1 Å². The van der Waals surface area contributed by atoms with Gasteiger partial charge in [0.2, 0.25) is 5.91 Å². The monoisotopic (exact) mass is 355 g/mol. The first-order valence-corrected chi connectivity index (χ1v) is 9.48. The summed E-state index contributed by atoms with van der Waals surface area (Å²) >= 11 is 3.22. The van der Waals surface area contributed by atoms with Crippen molar-refractivity contribution in [1.82, 2.24) is 9.97 Å². The molecule has 0 aliphatic rings. The molecular formula is C18H17N3OS2. The number of benzene rings is 1. The van der Waals surface area contributed by atoms with Crippen molar-refractivity contribution in [2.45, 2.75) is 18.2 Å². The number of thioether (sulfide) groups is 1. The number of aromatic nitrogens is 2. The fourth-order valence-electron chi connectivity index (χ4n) is 2.21. The van der Waals surface area contributed by atoms with E-state index in [9.17, 15) is 4.79 Å². The molecule has 2 aromatic heterocycles. The lowest BCUT2D eigenvalue weighted by molar-refractivity contribution is -0.115.